The second kappa shape index (κ2) is 6.45. The number of nitrogens with zero attached hydrogens (tertiary/aromatic N) is 1. The number of hydrogen-bond donors (Lipinski definition) is 2. The highest BCUT2D eigenvalue weighted by molar-refractivity contribution is 5.92. The molecule has 3 atom stereocenters. The van der Waals surface area contributed by atoms with Crippen molar-refractivity contribution < 1.29 is 19.5 Å². The van der Waals surface area contributed by atoms with E-state index in [1.54, 1.807) is 11.8 Å². The Morgan fingerprint density at radius 1 is 1.29 bits per heavy atom. The van der Waals surface area contributed by atoms with Gasteiger partial charge in [-0.3, -0.25) is 9.59 Å². The fourth-order valence-electron chi connectivity index (χ4n) is 2.80. The molecule has 118 valence electrons. The van der Waals surface area contributed by atoms with E-state index in [0.717, 1.165) is 19.3 Å². The molecular formula is C15H24N2O4. The lowest BCUT2D eigenvalue weighted by Gasteiger charge is -2.27. The standard InChI is InChI=1S/C15H24N2O4/c1-3-9(2)12(15(20)21)16-13(18)11-5-4-8-17(11)14(19)10-6-7-10/h9-12H,3-8H2,1-2H3,(H,16,18)(H,20,21)/t9?,11?,12-/m0/s1. The molecule has 0 aromatic heterocycles. The van der Waals surface area contributed by atoms with E-state index in [9.17, 15) is 19.5 Å². The highest BCUT2D eigenvalue weighted by Gasteiger charge is 2.41. The maximum Gasteiger partial charge on any atom is 0.326 e. The molecular weight excluding hydrogens is 272 g/mol. The molecule has 2 amide bonds. The predicted octanol–water partition coefficient (Wildman–Crippen LogP) is 1.00. The van der Waals surface area contributed by atoms with Gasteiger partial charge < -0.3 is 15.3 Å². The smallest absolute Gasteiger partial charge is 0.326 e. The molecule has 1 saturated heterocycles. The number of carbonyl (C=O) groups is 3. The monoisotopic (exact) mass is 296 g/mol. The number of likely N-dealkylation sites (tertiary alicyclic amines) is 1. The second-order valence-corrected chi connectivity index (χ2v) is 6.17. The molecule has 0 aromatic carbocycles. The zero-order valence-electron chi connectivity index (χ0n) is 12.7. The molecule has 2 fully saturated rings. The van der Waals surface area contributed by atoms with Crippen molar-refractivity contribution in [2.45, 2.75) is 58.0 Å². The Morgan fingerprint density at radius 2 is 1.95 bits per heavy atom. The van der Waals surface area contributed by atoms with Crippen LogP contribution in [0.1, 0.15) is 46.0 Å². The average Bonchev–Trinajstić information content (AvgIpc) is 3.19. The predicted molar refractivity (Wildman–Crippen MR) is 76.5 cm³/mol. The van der Waals surface area contributed by atoms with E-state index in [0.29, 0.717) is 19.4 Å². The van der Waals surface area contributed by atoms with Crippen molar-refractivity contribution >= 4 is 17.8 Å². The largest absolute Gasteiger partial charge is 0.480 e. The Labute approximate surface area is 124 Å². The van der Waals surface area contributed by atoms with Crippen molar-refractivity contribution in [3.05, 3.63) is 0 Å². The van der Waals surface area contributed by atoms with Gasteiger partial charge in [-0.1, -0.05) is 20.3 Å². The molecule has 0 aromatic rings. The van der Waals surface area contributed by atoms with E-state index in [1.807, 2.05) is 6.92 Å². The lowest BCUT2D eigenvalue weighted by Crippen LogP contribution is -2.53. The van der Waals surface area contributed by atoms with Crippen LogP contribution in [0.15, 0.2) is 0 Å². The number of rotatable bonds is 6. The van der Waals surface area contributed by atoms with Gasteiger partial charge in [-0.2, -0.15) is 0 Å². The summed E-state index contributed by atoms with van der Waals surface area (Å²) in [4.78, 5) is 37.5. The van der Waals surface area contributed by atoms with Crippen LogP contribution in [0.5, 0.6) is 0 Å². The van der Waals surface area contributed by atoms with E-state index < -0.39 is 18.1 Å². The molecule has 2 N–H and O–H groups in total. The third kappa shape index (κ3) is 3.54. The van der Waals surface area contributed by atoms with Crippen molar-refractivity contribution in [1.29, 1.82) is 0 Å². The molecule has 1 saturated carbocycles. The van der Waals surface area contributed by atoms with Crippen LogP contribution in [0.4, 0.5) is 0 Å². The molecule has 1 heterocycles. The fraction of sp³-hybridized carbons (Fsp3) is 0.800. The summed E-state index contributed by atoms with van der Waals surface area (Å²) in [6.45, 7) is 4.31. The first kappa shape index (κ1) is 15.8. The van der Waals surface area contributed by atoms with Gasteiger partial charge in [-0.15, -0.1) is 0 Å². The molecule has 21 heavy (non-hydrogen) atoms. The van der Waals surface area contributed by atoms with Crippen LogP contribution < -0.4 is 5.32 Å². The summed E-state index contributed by atoms with van der Waals surface area (Å²) in [6, 6.07) is -1.38. The summed E-state index contributed by atoms with van der Waals surface area (Å²) in [5.41, 5.74) is 0. The van der Waals surface area contributed by atoms with E-state index in [-0.39, 0.29) is 23.7 Å². The van der Waals surface area contributed by atoms with Gasteiger partial charge in [-0.05, 0) is 31.6 Å². The summed E-state index contributed by atoms with van der Waals surface area (Å²) < 4.78 is 0. The topological polar surface area (TPSA) is 86.7 Å². The number of amides is 2. The summed E-state index contributed by atoms with van der Waals surface area (Å²) in [5.74, 6) is -1.34. The highest BCUT2D eigenvalue weighted by atomic mass is 16.4. The quantitative estimate of drug-likeness (QED) is 0.765. The minimum Gasteiger partial charge on any atom is -0.480 e. The van der Waals surface area contributed by atoms with Gasteiger partial charge in [0.15, 0.2) is 0 Å². The van der Waals surface area contributed by atoms with Crippen LogP contribution in [0.3, 0.4) is 0 Å². The summed E-state index contributed by atoms with van der Waals surface area (Å²) in [7, 11) is 0. The molecule has 0 radical (unpaired) electrons. The van der Waals surface area contributed by atoms with Gasteiger partial charge in [-0.25, -0.2) is 4.79 Å². The summed E-state index contributed by atoms with van der Waals surface area (Å²) in [6.07, 6.45) is 3.92. The number of carbonyl (C=O) groups excluding carboxylic acids is 2. The van der Waals surface area contributed by atoms with Crippen LogP contribution >= 0.6 is 0 Å². The molecule has 1 aliphatic carbocycles. The van der Waals surface area contributed by atoms with E-state index in [2.05, 4.69) is 5.32 Å². The van der Waals surface area contributed by atoms with Crippen molar-refractivity contribution in [2.75, 3.05) is 6.54 Å². The Bertz CT molecular complexity index is 433. The first-order valence-electron chi connectivity index (χ1n) is 7.79. The minimum absolute atomic E-state index is 0.0584. The van der Waals surface area contributed by atoms with Gasteiger partial charge in [0.25, 0.3) is 0 Å². The molecule has 0 bridgehead atoms. The van der Waals surface area contributed by atoms with Crippen molar-refractivity contribution in [3.8, 4) is 0 Å². The Hall–Kier alpha value is -1.59. The van der Waals surface area contributed by atoms with Crippen LogP contribution in [0.2, 0.25) is 0 Å². The molecule has 0 spiro atoms. The van der Waals surface area contributed by atoms with Crippen molar-refractivity contribution in [3.63, 3.8) is 0 Å². The van der Waals surface area contributed by atoms with E-state index in [1.165, 1.54) is 0 Å². The first-order valence-corrected chi connectivity index (χ1v) is 7.79. The molecule has 6 heteroatoms. The minimum atomic E-state index is -1.02. The van der Waals surface area contributed by atoms with E-state index in [4.69, 9.17) is 0 Å². The Morgan fingerprint density at radius 3 is 2.48 bits per heavy atom. The third-order valence-electron chi connectivity index (χ3n) is 4.54. The molecule has 2 unspecified atom stereocenters. The third-order valence-corrected chi connectivity index (χ3v) is 4.54. The molecule has 1 aliphatic heterocycles. The Balaban J connectivity index is 2.00. The van der Waals surface area contributed by atoms with Crippen LogP contribution in [-0.4, -0.2) is 46.4 Å². The summed E-state index contributed by atoms with van der Waals surface area (Å²) >= 11 is 0. The van der Waals surface area contributed by atoms with Crippen molar-refractivity contribution in [1.82, 2.24) is 10.2 Å². The van der Waals surface area contributed by atoms with Crippen LogP contribution in [0, 0.1) is 11.8 Å². The number of aliphatic carboxylic acids is 1. The Kier molecular flexibility index (Phi) is 4.85. The zero-order chi connectivity index (χ0) is 15.6. The number of carboxylic acid groups (broad SMARTS) is 1. The lowest BCUT2D eigenvalue weighted by molar-refractivity contribution is -0.145. The van der Waals surface area contributed by atoms with Gasteiger partial charge in [0, 0.05) is 12.5 Å². The highest BCUT2D eigenvalue weighted by Crippen LogP contribution is 2.33. The van der Waals surface area contributed by atoms with E-state index >= 15 is 0 Å². The maximum atomic E-state index is 12.4. The molecule has 2 rings (SSSR count). The number of carboxylic acids is 1. The first-order chi connectivity index (χ1) is 9.95. The van der Waals surface area contributed by atoms with Crippen LogP contribution in [0.25, 0.3) is 0 Å². The molecule has 6 nitrogen and oxygen atoms in total. The van der Waals surface area contributed by atoms with Crippen molar-refractivity contribution in [2.24, 2.45) is 11.8 Å². The number of hydrogen-bond acceptors (Lipinski definition) is 3. The second-order valence-electron chi connectivity index (χ2n) is 6.17. The number of nitrogens with one attached hydrogen (secondary N) is 1. The van der Waals surface area contributed by atoms with Gasteiger partial charge in [0.2, 0.25) is 11.8 Å². The normalized spacial score (nSPS) is 24.5. The van der Waals surface area contributed by atoms with Crippen LogP contribution in [-0.2, 0) is 14.4 Å². The van der Waals surface area contributed by atoms with Gasteiger partial charge >= 0.3 is 5.97 Å². The fourth-order valence-corrected chi connectivity index (χ4v) is 2.80. The maximum absolute atomic E-state index is 12.4. The average molecular weight is 296 g/mol. The zero-order valence-corrected chi connectivity index (χ0v) is 12.7. The molecule has 2 aliphatic rings. The summed E-state index contributed by atoms with van der Waals surface area (Å²) in [5, 5.41) is 11.9. The lowest BCUT2D eigenvalue weighted by atomic mass is 9.99. The SMILES string of the molecule is CCC(C)[C@H](NC(=O)C1CCCN1C(=O)C1CC1)C(=O)O. The van der Waals surface area contributed by atoms with Gasteiger partial charge in [0.05, 0.1) is 0 Å². The van der Waals surface area contributed by atoms with Gasteiger partial charge in [0.1, 0.15) is 12.1 Å².